The van der Waals surface area contributed by atoms with Crippen molar-refractivity contribution in [2.75, 3.05) is 5.73 Å². The number of anilines is 1. The number of nitrogen functional groups attached to an aromatic ring is 1. The summed E-state index contributed by atoms with van der Waals surface area (Å²) >= 11 is 11.6. The smallest absolute Gasteiger partial charge is 0.195 e. The van der Waals surface area contributed by atoms with E-state index in [1.165, 1.54) is 0 Å². The van der Waals surface area contributed by atoms with Crippen molar-refractivity contribution in [3.63, 3.8) is 0 Å². The summed E-state index contributed by atoms with van der Waals surface area (Å²) in [5, 5.41) is 1.07. The molecule has 0 atom stereocenters. The second kappa shape index (κ2) is 4.78. The summed E-state index contributed by atoms with van der Waals surface area (Å²) in [6.45, 7) is 0. The molecule has 0 heterocycles. The molecule has 0 unspecified atom stereocenters. The highest BCUT2D eigenvalue weighted by molar-refractivity contribution is 6.31. The number of halogens is 2. The molecular weight excluding hydrogens is 257 g/mol. The van der Waals surface area contributed by atoms with Crippen LogP contribution in [-0.4, -0.2) is 5.78 Å². The van der Waals surface area contributed by atoms with Gasteiger partial charge in [-0.25, -0.2) is 0 Å². The van der Waals surface area contributed by atoms with Gasteiger partial charge in [0.15, 0.2) is 5.78 Å². The minimum Gasteiger partial charge on any atom is -0.398 e. The van der Waals surface area contributed by atoms with Gasteiger partial charge in [-0.2, -0.15) is 0 Å². The van der Waals surface area contributed by atoms with E-state index in [1.807, 2.05) is 0 Å². The number of hydrogen-bond acceptors (Lipinski definition) is 2. The number of carbonyl (C=O) groups excluding carboxylic acids is 1. The molecule has 0 spiro atoms. The van der Waals surface area contributed by atoms with Crippen LogP contribution in [-0.2, 0) is 0 Å². The van der Waals surface area contributed by atoms with Crippen LogP contribution in [0.5, 0.6) is 0 Å². The molecule has 2 nitrogen and oxygen atoms in total. The molecule has 2 N–H and O–H groups in total. The van der Waals surface area contributed by atoms with Gasteiger partial charge in [-0.3, -0.25) is 4.79 Å². The first-order chi connectivity index (χ1) is 8.08. The van der Waals surface area contributed by atoms with Crippen molar-refractivity contribution in [3.8, 4) is 0 Å². The third-order valence-corrected chi connectivity index (χ3v) is 2.85. The molecular formula is C13H9Cl2NO. The third-order valence-electron chi connectivity index (χ3n) is 2.37. The van der Waals surface area contributed by atoms with Crippen LogP contribution in [0.2, 0.25) is 10.0 Å². The Morgan fingerprint density at radius 2 is 1.53 bits per heavy atom. The number of hydrogen-bond donors (Lipinski definition) is 1. The van der Waals surface area contributed by atoms with Crippen LogP contribution in [0.3, 0.4) is 0 Å². The number of benzene rings is 2. The molecule has 2 rings (SSSR count). The van der Waals surface area contributed by atoms with Crippen LogP contribution in [0.15, 0.2) is 42.5 Å². The highest BCUT2D eigenvalue weighted by atomic mass is 35.5. The van der Waals surface area contributed by atoms with Gasteiger partial charge in [0.1, 0.15) is 0 Å². The minimum absolute atomic E-state index is 0.165. The quantitative estimate of drug-likeness (QED) is 0.663. The maximum Gasteiger partial charge on any atom is 0.195 e. The van der Waals surface area contributed by atoms with Crippen molar-refractivity contribution in [2.24, 2.45) is 0 Å². The van der Waals surface area contributed by atoms with Crippen molar-refractivity contribution in [1.82, 2.24) is 0 Å². The predicted molar refractivity (Wildman–Crippen MR) is 70.7 cm³/mol. The molecule has 0 bridgehead atoms. The van der Waals surface area contributed by atoms with Gasteiger partial charge in [0.25, 0.3) is 0 Å². The van der Waals surface area contributed by atoms with Crippen molar-refractivity contribution < 1.29 is 4.79 Å². The SMILES string of the molecule is Nc1ccc(Cl)cc1C(=O)c1ccc(Cl)cc1. The Labute approximate surface area is 109 Å². The van der Waals surface area contributed by atoms with E-state index in [2.05, 4.69) is 0 Å². The van der Waals surface area contributed by atoms with Crippen LogP contribution in [0, 0.1) is 0 Å². The van der Waals surface area contributed by atoms with Crippen LogP contribution >= 0.6 is 23.2 Å². The van der Waals surface area contributed by atoms with Crippen molar-refractivity contribution in [3.05, 3.63) is 63.6 Å². The Balaban J connectivity index is 2.43. The maximum absolute atomic E-state index is 12.1. The second-order valence-electron chi connectivity index (χ2n) is 3.57. The van der Waals surface area contributed by atoms with E-state index in [4.69, 9.17) is 28.9 Å². The molecule has 0 saturated heterocycles. The summed E-state index contributed by atoms with van der Waals surface area (Å²) in [6, 6.07) is 11.5. The molecule has 0 aliphatic rings. The average Bonchev–Trinajstić information content (AvgIpc) is 2.32. The molecule has 0 aliphatic carbocycles. The van der Waals surface area contributed by atoms with Crippen molar-refractivity contribution in [1.29, 1.82) is 0 Å². The zero-order chi connectivity index (χ0) is 12.4. The Hall–Kier alpha value is -1.51. The lowest BCUT2D eigenvalue weighted by molar-refractivity contribution is 0.103. The van der Waals surface area contributed by atoms with E-state index < -0.39 is 0 Å². The molecule has 17 heavy (non-hydrogen) atoms. The van der Waals surface area contributed by atoms with Gasteiger partial charge in [-0.1, -0.05) is 23.2 Å². The minimum atomic E-state index is -0.165. The molecule has 4 heteroatoms. The standard InChI is InChI=1S/C13H9Cl2NO/c14-9-3-1-8(2-4-9)13(17)11-7-10(15)5-6-12(11)16/h1-7H,16H2. The molecule has 0 amide bonds. The Kier molecular flexibility index (Phi) is 3.36. The van der Waals surface area contributed by atoms with Crippen LogP contribution < -0.4 is 5.73 Å². The van der Waals surface area contributed by atoms with Gasteiger partial charge in [0.2, 0.25) is 0 Å². The summed E-state index contributed by atoms with van der Waals surface area (Å²) in [5.74, 6) is -0.165. The molecule has 0 radical (unpaired) electrons. The second-order valence-corrected chi connectivity index (χ2v) is 4.44. The van der Waals surface area contributed by atoms with Gasteiger partial charge in [-0.05, 0) is 42.5 Å². The monoisotopic (exact) mass is 265 g/mol. The van der Waals surface area contributed by atoms with E-state index in [9.17, 15) is 4.79 Å². The molecule has 0 aliphatic heterocycles. The summed E-state index contributed by atoms with van der Waals surface area (Å²) < 4.78 is 0. The maximum atomic E-state index is 12.1. The normalized spacial score (nSPS) is 10.2. The highest BCUT2D eigenvalue weighted by Crippen LogP contribution is 2.21. The van der Waals surface area contributed by atoms with Gasteiger partial charge in [0, 0.05) is 26.9 Å². The van der Waals surface area contributed by atoms with Crippen molar-refractivity contribution >= 4 is 34.7 Å². The van der Waals surface area contributed by atoms with Crippen LogP contribution in [0.4, 0.5) is 5.69 Å². The lowest BCUT2D eigenvalue weighted by atomic mass is 10.0. The fraction of sp³-hybridized carbons (Fsp3) is 0. The predicted octanol–water partition coefficient (Wildman–Crippen LogP) is 3.81. The molecule has 0 aromatic heterocycles. The van der Waals surface area contributed by atoms with Gasteiger partial charge < -0.3 is 5.73 Å². The fourth-order valence-corrected chi connectivity index (χ4v) is 1.78. The van der Waals surface area contributed by atoms with E-state index in [-0.39, 0.29) is 5.78 Å². The topological polar surface area (TPSA) is 43.1 Å². The zero-order valence-electron chi connectivity index (χ0n) is 8.78. The van der Waals surface area contributed by atoms with Gasteiger partial charge in [-0.15, -0.1) is 0 Å². The summed E-state index contributed by atoms with van der Waals surface area (Å²) in [6.07, 6.45) is 0. The van der Waals surface area contributed by atoms with Crippen LogP contribution in [0.1, 0.15) is 15.9 Å². The molecule has 2 aromatic rings. The van der Waals surface area contributed by atoms with Gasteiger partial charge >= 0.3 is 0 Å². The molecule has 0 fully saturated rings. The molecule has 2 aromatic carbocycles. The van der Waals surface area contributed by atoms with Crippen LogP contribution in [0.25, 0.3) is 0 Å². The highest BCUT2D eigenvalue weighted by Gasteiger charge is 2.12. The first kappa shape index (κ1) is 12.0. The van der Waals surface area contributed by atoms with E-state index in [0.29, 0.717) is 26.9 Å². The first-order valence-electron chi connectivity index (χ1n) is 4.93. The summed E-state index contributed by atoms with van der Waals surface area (Å²) in [4.78, 5) is 12.1. The van der Waals surface area contributed by atoms with Gasteiger partial charge in [0.05, 0.1) is 0 Å². The fourth-order valence-electron chi connectivity index (χ4n) is 1.48. The first-order valence-corrected chi connectivity index (χ1v) is 5.69. The third kappa shape index (κ3) is 2.60. The van der Waals surface area contributed by atoms with Crippen molar-refractivity contribution in [2.45, 2.75) is 0 Å². The van der Waals surface area contributed by atoms with E-state index >= 15 is 0 Å². The number of nitrogens with two attached hydrogens (primary N) is 1. The summed E-state index contributed by atoms with van der Waals surface area (Å²) in [5.41, 5.74) is 7.10. The molecule has 0 saturated carbocycles. The van der Waals surface area contributed by atoms with E-state index in [0.717, 1.165) is 0 Å². The Morgan fingerprint density at radius 1 is 0.941 bits per heavy atom. The number of carbonyl (C=O) groups is 1. The lowest BCUT2D eigenvalue weighted by Gasteiger charge is -2.05. The Bertz CT molecular complexity index is 564. The largest absolute Gasteiger partial charge is 0.398 e. The zero-order valence-corrected chi connectivity index (χ0v) is 10.3. The number of rotatable bonds is 2. The average molecular weight is 266 g/mol. The lowest BCUT2D eigenvalue weighted by Crippen LogP contribution is -2.05. The summed E-state index contributed by atoms with van der Waals surface area (Å²) in [7, 11) is 0. The van der Waals surface area contributed by atoms with E-state index in [1.54, 1.807) is 42.5 Å². The Morgan fingerprint density at radius 3 is 2.18 bits per heavy atom. The number of ketones is 1. The molecule has 86 valence electrons.